The van der Waals surface area contributed by atoms with Gasteiger partial charge in [0, 0.05) is 49.4 Å². The molecule has 1 aromatic rings. The van der Waals surface area contributed by atoms with Crippen molar-refractivity contribution in [3.63, 3.8) is 0 Å². The average molecular weight is 603 g/mol. The number of thioether (sulfide) groups is 1. The van der Waals surface area contributed by atoms with Gasteiger partial charge in [0.05, 0.1) is 12.6 Å². The molecule has 2 heterocycles. The molecule has 0 saturated carbocycles. The SMILES string of the molecule is CC(C)C(CC(=O)CCCC[C@@H]1SC[C@@H]2CC(=O)N[C@@H]21)C(=O)N[C@@H](CCCNC(N)=O)C(=O)Cc1ccc(CO)cc1. The molecule has 11 heteroatoms. The van der Waals surface area contributed by atoms with Crippen LogP contribution in [0.4, 0.5) is 4.79 Å². The summed E-state index contributed by atoms with van der Waals surface area (Å²) >= 11 is 1.91. The summed E-state index contributed by atoms with van der Waals surface area (Å²) in [5.41, 5.74) is 6.65. The zero-order valence-corrected chi connectivity index (χ0v) is 25.5. The van der Waals surface area contributed by atoms with Crippen molar-refractivity contribution in [1.82, 2.24) is 16.0 Å². The average Bonchev–Trinajstić information content (AvgIpc) is 3.50. The van der Waals surface area contributed by atoms with Crippen LogP contribution in [0.15, 0.2) is 24.3 Å². The van der Waals surface area contributed by atoms with Gasteiger partial charge >= 0.3 is 6.03 Å². The number of aliphatic hydroxyl groups excluding tert-OH is 1. The molecule has 2 fully saturated rings. The van der Waals surface area contributed by atoms with Crippen molar-refractivity contribution in [1.29, 1.82) is 0 Å². The molecule has 4 amide bonds. The maximum absolute atomic E-state index is 13.4. The molecule has 10 nitrogen and oxygen atoms in total. The summed E-state index contributed by atoms with van der Waals surface area (Å²) in [7, 11) is 0. The number of Topliss-reactive ketones (excluding diaryl/α,β-unsaturated/α-hetero) is 2. The van der Waals surface area contributed by atoms with Gasteiger partial charge < -0.3 is 26.8 Å². The quantitative estimate of drug-likeness (QED) is 0.161. The van der Waals surface area contributed by atoms with Gasteiger partial charge in [-0.15, -0.1) is 0 Å². The van der Waals surface area contributed by atoms with E-state index in [2.05, 4.69) is 16.0 Å². The number of carbonyl (C=O) groups excluding carboxylic acids is 5. The van der Waals surface area contributed by atoms with Gasteiger partial charge in [-0.2, -0.15) is 11.8 Å². The molecule has 1 aromatic carbocycles. The number of fused-ring (bicyclic) bond motifs is 1. The molecule has 6 N–H and O–H groups in total. The number of hydrogen-bond donors (Lipinski definition) is 5. The lowest BCUT2D eigenvalue weighted by molar-refractivity contribution is -0.133. The van der Waals surface area contributed by atoms with Gasteiger partial charge in [-0.3, -0.25) is 19.2 Å². The van der Waals surface area contributed by atoms with Crippen LogP contribution in [0.25, 0.3) is 0 Å². The minimum Gasteiger partial charge on any atom is -0.392 e. The Bertz CT molecular complexity index is 1100. The number of hydrogen-bond acceptors (Lipinski definition) is 7. The van der Waals surface area contributed by atoms with E-state index in [1.807, 2.05) is 25.6 Å². The summed E-state index contributed by atoms with van der Waals surface area (Å²) in [6.45, 7) is 3.99. The number of rotatable bonds is 18. The highest BCUT2D eigenvalue weighted by molar-refractivity contribution is 8.00. The van der Waals surface area contributed by atoms with E-state index in [-0.39, 0.29) is 61.3 Å². The molecule has 0 aromatic heterocycles. The van der Waals surface area contributed by atoms with Gasteiger partial charge in [0.2, 0.25) is 11.8 Å². The van der Waals surface area contributed by atoms with E-state index in [0.29, 0.717) is 36.9 Å². The molecule has 0 radical (unpaired) electrons. The van der Waals surface area contributed by atoms with E-state index >= 15 is 0 Å². The number of benzene rings is 1. The molecule has 5 atom stereocenters. The van der Waals surface area contributed by atoms with Crippen LogP contribution in [0.1, 0.15) is 76.3 Å². The highest BCUT2D eigenvalue weighted by Gasteiger charge is 2.42. The Hall–Kier alpha value is -2.92. The predicted octanol–water partition coefficient (Wildman–Crippen LogP) is 2.64. The molecule has 0 bridgehead atoms. The van der Waals surface area contributed by atoms with Crippen LogP contribution < -0.4 is 21.7 Å². The van der Waals surface area contributed by atoms with E-state index in [9.17, 15) is 29.1 Å². The number of nitrogens with one attached hydrogen (secondary N) is 3. The van der Waals surface area contributed by atoms with Crippen LogP contribution in [-0.2, 0) is 32.2 Å². The number of ketones is 2. The Morgan fingerprint density at radius 3 is 2.48 bits per heavy atom. The standard InChI is InChI=1S/C31H46N4O6S/c1-19(2)24(16-23(37)6-3-4-8-27-29-22(18-42-27)15-28(39)35-29)30(40)34-25(7-5-13-33-31(32)41)26(38)14-20-9-11-21(17-36)12-10-20/h9-12,19,22,24-25,27,29,36H,3-8,13-18H2,1-2H3,(H,34,40)(H,35,39)(H3,32,33,41)/t22-,24?,25-,27-,29-/m0/s1. The predicted molar refractivity (Wildman–Crippen MR) is 163 cm³/mol. The number of amides is 4. The smallest absolute Gasteiger partial charge is 0.312 e. The fraction of sp³-hybridized carbons (Fsp3) is 0.645. The number of aliphatic hydroxyl groups is 1. The van der Waals surface area contributed by atoms with Gasteiger partial charge in [0.1, 0.15) is 5.78 Å². The summed E-state index contributed by atoms with van der Waals surface area (Å²) in [5, 5.41) is 18.2. The second-order valence-electron chi connectivity index (χ2n) is 11.9. The van der Waals surface area contributed by atoms with E-state index in [1.165, 1.54) is 0 Å². The molecule has 0 spiro atoms. The van der Waals surface area contributed by atoms with Crippen LogP contribution in [0, 0.1) is 17.8 Å². The van der Waals surface area contributed by atoms with Crippen molar-refractivity contribution >= 4 is 41.2 Å². The number of unbranched alkanes of at least 4 members (excludes halogenated alkanes) is 1. The molecule has 0 aliphatic carbocycles. The third kappa shape index (κ3) is 10.4. The van der Waals surface area contributed by atoms with Crippen molar-refractivity contribution in [3.05, 3.63) is 35.4 Å². The second kappa shape index (κ2) is 16.6. The first-order valence-corrected chi connectivity index (χ1v) is 16.1. The minimum absolute atomic E-state index is 0.0347. The van der Waals surface area contributed by atoms with E-state index in [4.69, 9.17) is 5.73 Å². The monoisotopic (exact) mass is 602 g/mol. The summed E-state index contributed by atoms with van der Waals surface area (Å²) < 4.78 is 0. The molecule has 3 rings (SSSR count). The third-order valence-electron chi connectivity index (χ3n) is 8.25. The lowest BCUT2D eigenvalue weighted by Crippen LogP contribution is -2.46. The molecule has 2 aliphatic rings. The van der Waals surface area contributed by atoms with Crippen LogP contribution in [-0.4, -0.2) is 64.1 Å². The normalized spacial score (nSPS) is 21.0. The van der Waals surface area contributed by atoms with Crippen molar-refractivity contribution in [3.8, 4) is 0 Å². The number of nitrogens with two attached hydrogens (primary N) is 1. The molecule has 42 heavy (non-hydrogen) atoms. The molecule has 1 unspecified atom stereocenters. The Kier molecular flexibility index (Phi) is 13.3. The lowest BCUT2D eigenvalue weighted by Gasteiger charge is -2.24. The first kappa shape index (κ1) is 33.6. The van der Waals surface area contributed by atoms with Gasteiger partial charge in [0.25, 0.3) is 0 Å². The van der Waals surface area contributed by atoms with Crippen molar-refractivity contribution in [2.24, 2.45) is 23.5 Å². The summed E-state index contributed by atoms with van der Waals surface area (Å²) in [4.78, 5) is 62.2. The van der Waals surface area contributed by atoms with E-state index in [0.717, 1.165) is 36.1 Å². The number of carbonyl (C=O) groups is 5. The van der Waals surface area contributed by atoms with Gasteiger partial charge in [0.15, 0.2) is 5.78 Å². The van der Waals surface area contributed by atoms with Crippen LogP contribution in [0.2, 0.25) is 0 Å². The maximum atomic E-state index is 13.4. The summed E-state index contributed by atoms with van der Waals surface area (Å²) in [6, 6.07) is 5.90. The van der Waals surface area contributed by atoms with Gasteiger partial charge in [-0.1, -0.05) is 44.5 Å². The Balaban J connectivity index is 1.51. The topological polar surface area (TPSA) is 168 Å². The summed E-state index contributed by atoms with van der Waals surface area (Å²) in [6.07, 6.45) is 4.63. The first-order chi connectivity index (χ1) is 20.1. The van der Waals surface area contributed by atoms with Crippen molar-refractivity contribution in [2.45, 2.75) is 95.6 Å². The lowest BCUT2D eigenvalue weighted by atomic mass is 9.87. The number of urea groups is 1. The molecule has 2 aliphatic heterocycles. The third-order valence-corrected chi connectivity index (χ3v) is 9.83. The number of primary amides is 1. The first-order valence-electron chi connectivity index (χ1n) is 15.0. The van der Waals surface area contributed by atoms with Gasteiger partial charge in [-0.05, 0) is 54.4 Å². The van der Waals surface area contributed by atoms with E-state index in [1.54, 1.807) is 24.3 Å². The molecule has 2 saturated heterocycles. The molecular weight excluding hydrogens is 556 g/mol. The zero-order valence-electron chi connectivity index (χ0n) is 24.7. The zero-order chi connectivity index (χ0) is 30.6. The maximum Gasteiger partial charge on any atom is 0.312 e. The minimum atomic E-state index is -0.773. The Morgan fingerprint density at radius 2 is 1.81 bits per heavy atom. The van der Waals surface area contributed by atoms with Crippen molar-refractivity contribution in [2.75, 3.05) is 12.3 Å². The van der Waals surface area contributed by atoms with Gasteiger partial charge in [-0.25, -0.2) is 4.79 Å². The molecule has 232 valence electrons. The Labute approximate surface area is 252 Å². The fourth-order valence-electron chi connectivity index (χ4n) is 5.74. The van der Waals surface area contributed by atoms with E-state index < -0.39 is 18.0 Å². The molecular formula is C31H46N4O6S. The fourth-order valence-corrected chi connectivity index (χ4v) is 7.39. The van der Waals surface area contributed by atoms with Crippen LogP contribution >= 0.6 is 11.8 Å². The second-order valence-corrected chi connectivity index (χ2v) is 13.2. The van der Waals surface area contributed by atoms with Crippen molar-refractivity contribution < 1.29 is 29.1 Å². The van der Waals surface area contributed by atoms with Crippen LogP contribution in [0.5, 0.6) is 0 Å². The Morgan fingerprint density at radius 1 is 1.10 bits per heavy atom. The largest absolute Gasteiger partial charge is 0.392 e. The highest BCUT2D eigenvalue weighted by Crippen LogP contribution is 2.39. The van der Waals surface area contributed by atoms with Crippen LogP contribution in [0.3, 0.4) is 0 Å². The summed E-state index contributed by atoms with van der Waals surface area (Å²) in [5.74, 6) is 0.490. The highest BCUT2D eigenvalue weighted by atomic mass is 32.2.